The Bertz CT molecular complexity index is 1060. The van der Waals surface area contributed by atoms with E-state index in [0.717, 1.165) is 56.0 Å². The highest BCUT2D eigenvalue weighted by atomic mass is 32.1. The van der Waals surface area contributed by atoms with Gasteiger partial charge in [-0.15, -0.1) is 11.3 Å². The Labute approximate surface area is 180 Å². The Morgan fingerprint density at radius 1 is 1.07 bits per heavy atom. The Kier molecular flexibility index (Phi) is 5.46. The molecule has 1 unspecified atom stereocenters. The van der Waals surface area contributed by atoms with E-state index in [1.807, 2.05) is 18.2 Å². The average Bonchev–Trinajstić information content (AvgIpc) is 3.26. The largest absolute Gasteiger partial charge is 0.388 e. The number of thiophene rings is 1. The number of hydrogen-bond acceptors (Lipinski definition) is 5. The number of nitrogens with one attached hydrogen (secondary N) is 1. The van der Waals surface area contributed by atoms with E-state index in [1.54, 1.807) is 11.3 Å². The molecule has 0 saturated carbocycles. The topological polar surface area (TPSA) is 55.8 Å². The molecule has 0 bridgehead atoms. The summed E-state index contributed by atoms with van der Waals surface area (Å²) in [5.74, 6) is 0.0603. The fraction of sp³-hybridized carbons (Fsp3) is 0.375. The second-order valence-corrected chi connectivity index (χ2v) is 9.16. The van der Waals surface area contributed by atoms with Gasteiger partial charge in [0, 0.05) is 60.6 Å². The minimum Gasteiger partial charge on any atom is -0.388 e. The second kappa shape index (κ2) is 8.38. The van der Waals surface area contributed by atoms with E-state index in [9.17, 15) is 9.90 Å². The number of benzene rings is 2. The molecule has 2 aliphatic rings. The second-order valence-electron chi connectivity index (χ2n) is 8.21. The molecule has 2 aromatic carbocycles. The van der Waals surface area contributed by atoms with Crippen LogP contribution in [0, 0.1) is 0 Å². The molecule has 6 heteroatoms. The number of hydrogen-bond donors (Lipinski definition) is 2. The van der Waals surface area contributed by atoms with Crippen LogP contribution in [0.2, 0.25) is 0 Å². The van der Waals surface area contributed by atoms with E-state index >= 15 is 0 Å². The molecule has 3 heterocycles. The van der Waals surface area contributed by atoms with Crippen molar-refractivity contribution in [1.82, 2.24) is 4.90 Å². The van der Waals surface area contributed by atoms with Crippen molar-refractivity contribution >= 4 is 38.7 Å². The number of piperazine rings is 1. The quantitative estimate of drug-likeness (QED) is 0.653. The summed E-state index contributed by atoms with van der Waals surface area (Å²) in [6.45, 7) is 4.91. The van der Waals surface area contributed by atoms with Crippen LogP contribution in [0.5, 0.6) is 0 Å². The van der Waals surface area contributed by atoms with Crippen LogP contribution in [0.25, 0.3) is 10.1 Å². The van der Waals surface area contributed by atoms with E-state index < -0.39 is 6.10 Å². The molecule has 0 radical (unpaired) electrons. The highest BCUT2D eigenvalue weighted by Gasteiger charge is 2.21. The van der Waals surface area contributed by atoms with Gasteiger partial charge in [-0.2, -0.15) is 0 Å². The molecule has 2 aliphatic heterocycles. The molecule has 2 N–H and O–H groups in total. The minimum absolute atomic E-state index is 0.0603. The number of carbonyl (C=O) groups is 1. The average molecular weight is 422 g/mol. The summed E-state index contributed by atoms with van der Waals surface area (Å²) in [6, 6.07) is 14.8. The number of aliphatic hydroxyl groups excluding tert-OH is 1. The summed E-state index contributed by atoms with van der Waals surface area (Å²) >= 11 is 1.80. The van der Waals surface area contributed by atoms with Crippen LogP contribution in [0.4, 0.5) is 11.4 Å². The predicted molar refractivity (Wildman–Crippen MR) is 123 cm³/mol. The maximum absolute atomic E-state index is 11.6. The minimum atomic E-state index is -0.508. The van der Waals surface area contributed by atoms with Gasteiger partial charge in [0.25, 0.3) is 0 Å². The first-order chi connectivity index (χ1) is 14.7. The third-order valence-corrected chi connectivity index (χ3v) is 7.20. The molecule has 0 spiro atoms. The number of anilines is 2. The SMILES string of the molecule is O=C1CCc2ccc(C(O)CCN3CCN(c4cccc5sccc45)CC3)cc2N1. The molecule has 5 nitrogen and oxygen atoms in total. The summed E-state index contributed by atoms with van der Waals surface area (Å²) in [4.78, 5) is 16.6. The van der Waals surface area contributed by atoms with Gasteiger partial charge >= 0.3 is 0 Å². The smallest absolute Gasteiger partial charge is 0.224 e. The zero-order chi connectivity index (χ0) is 20.5. The zero-order valence-corrected chi connectivity index (χ0v) is 17.8. The van der Waals surface area contributed by atoms with E-state index in [0.29, 0.717) is 12.8 Å². The lowest BCUT2D eigenvalue weighted by atomic mass is 9.98. The van der Waals surface area contributed by atoms with E-state index in [1.165, 1.54) is 15.8 Å². The van der Waals surface area contributed by atoms with Crippen LogP contribution in [-0.4, -0.2) is 48.6 Å². The Morgan fingerprint density at radius 2 is 1.93 bits per heavy atom. The highest BCUT2D eigenvalue weighted by Crippen LogP contribution is 2.31. The van der Waals surface area contributed by atoms with Gasteiger partial charge in [-0.3, -0.25) is 9.69 Å². The Balaban J connectivity index is 1.16. The van der Waals surface area contributed by atoms with E-state index in [2.05, 4.69) is 44.8 Å². The highest BCUT2D eigenvalue weighted by molar-refractivity contribution is 7.17. The molecule has 156 valence electrons. The van der Waals surface area contributed by atoms with Gasteiger partial charge in [-0.1, -0.05) is 18.2 Å². The van der Waals surface area contributed by atoms with Crippen LogP contribution in [0.1, 0.15) is 30.1 Å². The lowest BCUT2D eigenvalue weighted by molar-refractivity contribution is -0.116. The number of rotatable bonds is 5. The molecule has 3 aromatic rings. The monoisotopic (exact) mass is 421 g/mol. The maximum Gasteiger partial charge on any atom is 0.224 e. The molecule has 1 saturated heterocycles. The summed E-state index contributed by atoms with van der Waals surface area (Å²) in [5.41, 5.74) is 4.24. The number of carbonyl (C=O) groups excluding carboxylic acids is 1. The van der Waals surface area contributed by atoms with Crippen LogP contribution < -0.4 is 10.2 Å². The number of fused-ring (bicyclic) bond motifs is 2. The first kappa shape index (κ1) is 19.5. The molecular formula is C24H27N3O2S. The van der Waals surface area contributed by atoms with Crippen LogP contribution in [0.15, 0.2) is 47.8 Å². The predicted octanol–water partition coefficient (Wildman–Crippen LogP) is 4.03. The first-order valence-electron chi connectivity index (χ1n) is 10.7. The van der Waals surface area contributed by atoms with Gasteiger partial charge in [0.05, 0.1) is 6.10 Å². The molecule has 1 aromatic heterocycles. The van der Waals surface area contributed by atoms with Crippen LogP contribution in [0.3, 0.4) is 0 Å². The zero-order valence-electron chi connectivity index (χ0n) is 17.0. The molecule has 1 atom stereocenters. The summed E-state index contributed by atoms with van der Waals surface area (Å²) < 4.78 is 1.35. The van der Waals surface area contributed by atoms with Crippen molar-refractivity contribution in [2.75, 3.05) is 42.9 Å². The van der Waals surface area contributed by atoms with Crippen molar-refractivity contribution in [1.29, 1.82) is 0 Å². The van der Waals surface area contributed by atoms with Gasteiger partial charge in [-0.25, -0.2) is 0 Å². The molecule has 0 aliphatic carbocycles. The standard InChI is InChI=1S/C24H27N3O2S/c28-22(18-5-4-17-6-7-24(29)25-20(17)16-18)8-10-26-11-13-27(14-12-26)21-2-1-3-23-19(21)9-15-30-23/h1-5,9,15-16,22,28H,6-8,10-14H2,(H,25,29). The van der Waals surface area contributed by atoms with Gasteiger partial charge in [0.1, 0.15) is 0 Å². The van der Waals surface area contributed by atoms with Gasteiger partial charge < -0.3 is 15.3 Å². The Hall–Kier alpha value is -2.41. The summed E-state index contributed by atoms with van der Waals surface area (Å²) in [7, 11) is 0. The van der Waals surface area contributed by atoms with Crippen molar-refractivity contribution in [3.05, 3.63) is 59.0 Å². The number of nitrogens with zero attached hydrogens (tertiary/aromatic N) is 2. The lowest BCUT2D eigenvalue weighted by Gasteiger charge is -2.36. The first-order valence-corrected chi connectivity index (χ1v) is 11.6. The van der Waals surface area contributed by atoms with Crippen LogP contribution in [-0.2, 0) is 11.2 Å². The van der Waals surface area contributed by atoms with Crippen molar-refractivity contribution in [2.24, 2.45) is 0 Å². The fourth-order valence-corrected chi connectivity index (χ4v) is 5.34. The summed E-state index contributed by atoms with van der Waals surface area (Å²) in [5, 5.41) is 17.1. The molecular weight excluding hydrogens is 394 g/mol. The van der Waals surface area contributed by atoms with Crippen molar-refractivity contribution in [3.63, 3.8) is 0 Å². The third-order valence-electron chi connectivity index (χ3n) is 6.32. The van der Waals surface area contributed by atoms with E-state index in [-0.39, 0.29) is 5.91 Å². The normalized spacial score (nSPS) is 18.3. The van der Waals surface area contributed by atoms with E-state index in [4.69, 9.17) is 0 Å². The molecule has 1 fully saturated rings. The fourth-order valence-electron chi connectivity index (χ4n) is 4.53. The Morgan fingerprint density at radius 3 is 2.80 bits per heavy atom. The third kappa shape index (κ3) is 3.95. The molecule has 5 rings (SSSR count). The summed E-state index contributed by atoms with van der Waals surface area (Å²) in [6.07, 6.45) is 1.52. The molecule has 1 amide bonds. The maximum atomic E-state index is 11.6. The van der Waals surface area contributed by atoms with Gasteiger partial charge in [0.2, 0.25) is 5.91 Å². The van der Waals surface area contributed by atoms with Crippen LogP contribution >= 0.6 is 11.3 Å². The van der Waals surface area contributed by atoms with Gasteiger partial charge in [-0.05, 0) is 53.6 Å². The van der Waals surface area contributed by atoms with Crippen molar-refractivity contribution < 1.29 is 9.90 Å². The van der Waals surface area contributed by atoms with Crippen molar-refractivity contribution in [3.8, 4) is 0 Å². The number of aliphatic hydroxyl groups is 1. The number of aryl methyl sites for hydroxylation is 1. The number of amides is 1. The van der Waals surface area contributed by atoms with Crippen molar-refractivity contribution in [2.45, 2.75) is 25.4 Å². The lowest BCUT2D eigenvalue weighted by Crippen LogP contribution is -2.46. The van der Waals surface area contributed by atoms with Gasteiger partial charge in [0.15, 0.2) is 0 Å². The molecule has 30 heavy (non-hydrogen) atoms.